The maximum absolute atomic E-state index is 13.0. The maximum Gasteiger partial charge on any atom is 0.305 e. The molecule has 126 valence electrons. The second-order valence-corrected chi connectivity index (χ2v) is 5.80. The minimum atomic E-state index is -0.235. The Bertz CT molecular complexity index is 852. The van der Waals surface area contributed by atoms with Gasteiger partial charge in [0.25, 0.3) is 0 Å². The van der Waals surface area contributed by atoms with Crippen molar-refractivity contribution in [2.75, 3.05) is 0 Å². The molecule has 0 N–H and O–H groups in total. The van der Waals surface area contributed by atoms with Gasteiger partial charge in [-0.3, -0.25) is 4.79 Å². The van der Waals surface area contributed by atoms with Gasteiger partial charge in [-0.1, -0.05) is 61.5 Å². The van der Waals surface area contributed by atoms with Crippen LogP contribution in [0.5, 0.6) is 0 Å². The summed E-state index contributed by atoms with van der Waals surface area (Å²) in [6, 6.07) is 22.5. The maximum atomic E-state index is 13.0. The monoisotopic (exact) mass is 334 g/mol. The molecule has 25 heavy (non-hydrogen) atoms. The Morgan fingerprint density at radius 3 is 2.00 bits per heavy atom. The van der Waals surface area contributed by atoms with Crippen LogP contribution in [0.1, 0.15) is 18.9 Å². The number of hydrogen-bond donors (Lipinski definition) is 0. The largest absolute Gasteiger partial charge is 0.461 e. The normalized spacial score (nSPS) is 10.5. The van der Waals surface area contributed by atoms with Crippen LogP contribution in [0.15, 0.2) is 72.8 Å². The first kappa shape index (κ1) is 16.9. The Balaban J connectivity index is 1.78. The molecule has 0 fully saturated rings. The van der Waals surface area contributed by atoms with Gasteiger partial charge in [0.15, 0.2) is 0 Å². The number of carbonyl (C=O) groups excluding carboxylic acids is 1. The molecule has 0 saturated heterocycles. The predicted octanol–water partition coefficient (Wildman–Crippen LogP) is 5.61. The summed E-state index contributed by atoms with van der Waals surface area (Å²) in [6.45, 7) is 2.07. The summed E-state index contributed by atoms with van der Waals surface area (Å²) in [5.74, 6) is -0.435. The average molecular weight is 334 g/mol. The van der Waals surface area contributed by atoms with Crippen LogP contribution in [0.2, 0.25) is 0 Å². The van der Waals surface area contributed by atoms with Crippen LogP contribution in [-0.4, -0.2) is 5.97 Å². The quantitative estimate of drug-likeness (QED) is 0.567. The van der Waals surface area contributed by atoms with E-state index in [0.717, 1.165) is 27.8 Å². The molecular formula is C22H19FO2. The molecule has 0 bridgehead atoms. The molecular weight excluding hydrogens is 315 g/mol. The summed E-state index contributed by atoms with van der Waals surface area (Å²) in [5.41, 5.74) is 5.12. The first-order chi connectivity index (χ1) is 12.2. The zero-order chi connectivity index (χ0) is 17.6. The molecule has 0 saturated carbocycles. The Hall–Kier alpha value is -2.94. The van der Waals surface area contributed by atoms with Crippen LogP contribution in [0.3, 0.4) is 0 Å². The van der Waals surface area contributed by atoms with E-state index in [4.69, 9.17) is 4.74 Å². The van der Waals surface area contributed by atoms with E-state index in [9.17, 15) is 9.18 Å². The van der Waals surface area contributed by atoms with Gasteiger partial charge >= 0.3 is 5.97 Å². The van der Waals surface area contributed by atoms with E-state index in [1.54, 1.807) is 19.1 Å². The third kappa shape index (κ3) is 4.32. The predicted molar refractivity (Wildman–Crippen MR) is 97.4 cm³/mol. The Kier molecular flexibility index (Phi) is 5.24. The van der Waals surface area contributed by atoms with Crippen LogP contribution in [0.25, 0.3) is 22.3 Å². The lowest BCUT2D eigenvalue weighted by Gasteiger charge is -2.08. The van der Waals surface area contributed by atoms with E-state index in [2.05, 4.69) is 0 Å². The molecule has 0 unspecified atom stereocenters. The molecule has 3 rings (SSSR count). The number of benzene rings is 3. The fourth-order valence-electron chi connectivity index (χ4n) is 2.60. The number of halogens is 1. The van der Waals surface area contributed by atoms with E-state index in [-0.39, 0.29) is 18.4 Å². The van der Waals surface area contributed by atoms with E-state index in [1.165, 1.54) is 12.1 Å². The summed E-state index contributed by atoms with van der Waals surface area (Å²) in [4.78, 5) is 11.3. The van der Waals surface area contributed by atoms with Crippen molar-refractivity contribution in [2.24, 2.45) is 0 Å². The van der Waals surface area contributed by atoms with Gasteiger partial charge in [0.2, 0.25) is 0 Å². The van der Waals surface area contributed by atoms with Gasteiger partial charge < -0.3 is 4.74 Å². The summed E-state index contributed by atoms with van der Waals surface area (Å²) in [6.07, 6.45) is 0.380. The topological polar surface area (TPSA) is 26.3 Å². The second-order valence-electron chi connectivity index (χ2n) is 5.80. The minimum Gasteiger partial charge on any atom is -0.461 e. The van der Waals surface area contributed by atoms with Gasteiger partial charge in [-0.15, -0.1) is 0 Å². The standard InChI is InChI=1S/C22H19FO2/c1-2-22(24)25-15-16-4-3-5-20(14-16)19-8-6-17(7-9-19)18-10-12-21(23)13-11-18/h3-14H,2,15H2,1H3. The fourth-order valence-corrected chi connectivity index (χ4v) is 2.60. The van der Waals surface area contributed by atoms with Crippen molar-refractivity contribution in [2.45, 2.75) is 20.0 Å². The lowest BCUT2D eigenvalue weighted by molar-refractivity contribution is -0.144. The fraction of sp³-hybridized carbons (Fsp3) is 0.136. The molecule has 0 amide bonds. The molecule has 0 aliphatic rings. The Morgan fingerprint density at radius 1 is 0.840 bits per heavy atom. The first-order valence-corrected chi connectivity index (χ1v) is 8.26. The summed E-state index contributed by atoms with van der Waals surface area (Å²) in [7, 11) is 0. The van der Waals surface area contributed by atoms with Crippen LogP contribution in [-0.2, 0) is 16.1 Å². The van der Waals surface area contributed by atoms with Crippen molar-refractivity contribution < 1.29 is 13.9 Å². The highest BCUT2D eigenvalue weighted by atomic mass is 19.1. The van der Waals surface area contributed by atoms with Gasteiger partial charge in [0.1, 0.15) is 12.4 Å². The van der Waals surface area contributed by atoms with Crippen molar-refractivity contribution in [1.82, 2.24) is 0 Å². The summed E-state index contributed by atoms with van der Waals surface area (Å²) >= 11 is 0. The molecule has 3 aromatic rings. The Labute approximate surface area is 146 Å². The molecule has 3 aromatic carbocycles. The van der Waals surface area contributed by atoms with Crippen molar-refractivity contribution >= 4 is 5.97 Å². The molecule has 0 aliphatic carbocycles. The van der Waals surface area contributed by atoms with Crippen molar-refractivity contribution in [3.05, 3.63) is 84.2 Å². The smallest absolute Gasteiger partial charge is 0.305 e. The first-order valence-electron chi connectivity index (χ1n) is 8.26. The highest BCUT2D eigenvalue weighted by molar-refractivity contribution is 5.71. The van der Waals surface area contributed by atoms with Crippen LogP contribution < -0.4 is 0 Å². The van der Waals surface area contributed by atoms with Gasteiger partial charge in [-0.2, -0.15) is 0 Å². The molecule has 3 heteroatoms. The van der Waals surface area contributed by atoms with E-state index >= 15 is 0 Å². The molecule has 0 radical (unpaired) electrons. The van der Waals surface area contributed by atoms with Gasteiger partial charge in [-0.25, -0.2) is 4.39 Å². The number of rotatable bonds is 5. The highest BCUT2D eigenvalue weighted by Crippen LogP contribution is 2.25. The second kappa shape index (κ2) is 7.75. The third-order valence-corrected chi connectivity index (χ3v) is 4.01. The summed E-state index contributed by atoms with van der Waals surface area (Å²) < 4.78 is 18.2. The van der Waals surface area contributed by atoms with Crippen LogP contribution >= 0.6 is 0 Å². The van der Waals surface area contributed by atoms with Gasteiger partial charge in [0.05, 0.1) is 0 Å². The van der Waals surface area contributed by atoms with Crippen LogP contribution in [0, 0.1) is 5.82 Å². The molecule has 0 spiro atoms. The van der Waals surface area contributed by atoms with E-state index in [0.29, 0.717) is 6.42 Å². The molecule has 0 atom stereocenters. The van der Waals surface area contributed by atoms with Crippen molar-refractivity contribution in [1.29, 1.82) is 0 Å². The number of ether oxygens (including phenoxy) is 1. The minimum absolute atomic E-state index is 0.200. The zero-order valence-corrected chi connectivity index (χ0v) is 14.0. The van der Waals surface area contributed by atoms with E-state index < -0.39 is 0 Å². The van der Waals surface area contributed by atoms with Crippen molar-refractivity contribution in [3.8, 4) is 22.3 Å². The molecule has 0 aliphatic heterocycles. The molecule has 0 heterocycles. The number of esters is 1. The van der Waals surface area contributed by atoms with Crippen molar-refractivity contribution in [3.63, 3.8) is 0 Å². The zero-order valence-electron chi connectivity index (χ0n) is 14.0. The number of carbonyl (C=O) groups is 1. The average Bonchev–Trinajstić information content (AvgIpc) is 2.67. The lowest BCUT2D eigenvalue weighted by Crippen LogP contribution is -2.02. The molecule has 2 nitrogen and oxygen atoms in total. The highest BCUT2D eigenvalue weighted by Gasteiger charge is 2.04. The van der Waals surface area contributed by atoms with Crippen LogP contribution in [0.4, 0.5) is 4.39 Å². The summed E-state index contributed by atoms with van der Waals surface area (Å²) in [5, 5.41) is 0. The van der Waals surface area contributed by atoms with Gasteiger partial charge in [-0.05, 0) is 46.0 Å². The lowest BCUT2D eigenvalue weighted by atomic mass is 9.99. The van der Waals surface area contributed by atoms with E-state index in [1.807, 2.05) is 48.5 Å². The third-order valence-electron chi connectivity index (χ3n) is 4.01. The Morgan fingerprint density at radius 2 is 1.40 bits per heavy atom. The SMILES string of the molecule is CCC(=O)OCc1cccc(-c2ccc(-c3ccc(F)cc3)cc2)c1. The molecule has 0 aromatic heterocycles. The number of hydrogen-bond acceptors (Lipinski definition) is 2. The van der Waals surface area contributed by atoms with Gasteiger partial charge in [0, 0.05) is 6.42 Å².